The Morgan fingerprint density at radius 2 is 1.58 bits per heavy atom. The van der Waals surface area contributed by atoms with Gasteiger partial charge in [-0.25, -0.2) is 5.43 Å². The number of rotatable bonds is 4. The number of phenols is 1. The van der Waals surface area contributed by atoms with Crippen molar-refractivity contribution < 1.29 is 9.90 Å². The first-order chi connectivity index (χ1) is 15.3. The van der Waals surface area contributed by atoms with Gasteiger partial charge in [-0.15, -0.1) is 0 Å². The molecule has 0 radical (unpaired) electrons. The molecule has 6 nitrogen and oxygen atoms in total. The zero-order valence-corrected chi connectivity index (χ0v) is 20.8. The van der Waals surface area contributed by atoms with Gasteiger partial charge in [-0.1, -0.05) is 53.7 Å². The molecular formula is C27H34N4O2. The fourth-order valence-corrected chi connectivity index (χ4v) is 3.59. The van der Waals surface area contributed by atoms with E-state index in [1.54, 1.807) is 12.3 Å². The molecule has 1 aromatic heterocycles. The molecule has 0 spiro atoms. The third kappa shape index (κ3) is 5.51. The Hall–Kier alpha value is -3.41. The van der Waals surface area contributed by atoms with Crippen LogP contribution in [0.3, 0.4) is 0 Å². The minimum Gasteiger partial charge on any atom is -0.507 e. The first-order valence-corrected chi connectivity index (χ1v) is 11.1. The highest BCUT2D eigenvalue weighted by Crippen LogP contribution is 2.39. The summed E-state index contributed by atoms with van der Waals surface area (Å²) in [5.74, 6) is -0.0628. The number of aryl methyl sites for hydroxylation is 2. The van der Waals surface area contributed by atoms with Gasteiger partial charge in [0.15, 0.2) is 0 Å². The van der Waals surface area contributed by atoms with Gasteiger partial charge in [-0.3, -0.25) is 9.89 Å². The summed E-state index contributed by atoms with van der Waals surface area (Å²) in [5.41, 5.74) is 8.94. The molecule has 1 heterocycles. The highest BCUT2D eigenvalue weighted by atomic mass is 16.3. The van der Waals surface area contributed by atoms with E-state index in [4.69, 9.17) is 0 Å². The highest BCUT2D eigenvalue weighted by molar-refractivity contribution is 5.94. The summed E-state index contributed by atoms with van der Waals surface area (Å²) in [6.07, 6.45) is 1.60. The fourth-order valence-electron chi connectivity index (χ4n) is 3.59. The van der Waals surface area contributed by atoms with Crippen molar-refractivity contribution in [3.05, 3.63) is 69.9 Å². The molecule has 2 aromatic carbocycles. The fraction of sp³-hybridized carbons (Fsp3) is 0.370. The quantitative estimate of drug-likeness (QED) is 0.352. The van der Waals surface area contributed by atoms with Crippen LogP contribution in [-0.2, 0) is 10.8 Å². The molecule has 0 saturated heterocycles. The molecule has 0 unspecified atom stereocenters. The Kier molecular flexibility index (Phi) is 6.50. The van der Waals surface area contributed by atoms with Crippen LogP contribution in [0.4, 0.5) is 0 Å². The average Bonchev–Trinajstić information content (AvgIpc) is 3.19. The highest BCUT2D eigenvalue weighted by Gasteiger charge is 2.26. The number of aromatic nitrogens is 2. The molecule has 0 aliphatic carbocycles. The van der Waals surface area contributed by atoms with E-state index in [0.717, 1.165) is 22.3 Å². The number of H-pyrrole nitrogens is 1. The van der Waals surface area contributed by atoms with E-state index >= 15 is 0 Å². The molecule has 174 valence electrons. The van der Waals surface area contributed by atoms with E-state index in [2.05, 4.69) is 75.3 Å². The lowest BCUT2D eigenvalue weighted by Crippen LogP contribution is -2.19. The summed E-state index contributed by atoms with van der Waals surface area (Å²) in [7, 11) is 0. The zero-order chi connectivity index (χ0) is 24.6. The Bertz CT molecular complexity index is 1170. The van der Waals surface area contributed by atoms with Crippen LogP contribution in [0.5, 0.6) is 5.75 Å². The van der Waals surface area contributed by atoms with Crippen molar-refractivity contribution in [2.24, 2.45) is 5.10 Å². The number of nitrogens with one attached hydrogen (secondary N) is 2. The number of carbonyl (C=O) groups excluding carboxylic acids is 1. The monoisotopic (exact) mass is 446 g/mol. The van der Waals surface area contributed by atoms with Crippen molar-refractivity contribution in [1.29, 1.82) is 0 Å². The second-order valence-electron chi connectivity index (χ2n) is 10.6. The first kappa shape index (κ1) is 24.2. The van der Waals surface area contributed by atoms with Crippen LogP contribution in [0.25, 0.3) is 11.3 Å². The topological polar surface area (TPSA) is 90.4 Å². The summed E-state index contributed by atoms with van der Waals surface area (Å²) in [6, 6.07) is 11.6. The van der Waals surface area contributed by atoms with Gasteiger partial charge in [0.25, 0.3) is 5.91 Å². The van der Waals surface area contributed by atoms with E-state index in [1.165, 1.54) is 11.1 Å². The van der Waals surface area contributed by atoms with Gasteiger partial charge < -0.3 is 5.11 Å². The number of phenolic OH excluding ortho intramolecular Hbond substituents is 1. The summed E-state index contributed by atoms with van der Waals surface area (Å²) >= 11 is 0. The van der Waals surface area contributed by atoms with E-state index in [9.17, 15) is 9.90 Å². The van der Waals surface area contributed by atoms with E-state index < -0.39 is 0 Å². The predicted molar refractivity (Wildman–Crippen MR) is 134 cm³/mol. The Morgan fingerprint density at radius 3 is 2.12 bits per heavy atom. The van der Waals surface area contributed by atoms with Crippen LogP contribution >= 0.6 is 0 Å². The minimum absolute atomic E-state index is 0.238. The number of carbonyl (C=O) groups is 1. The van der Waals surface area contributed by atoms with E-state index in [-0.39, 0.29) is 16.7 Å². The van der Waals surface area contributed by atoms with Crippen molar-refractivity contribution in [2.45, 2.75) is 66.2 Å². The minimum atomic E-state index is -0.375. The normalized spacial score (nSPS) is 12.4. The molecule has 3 N–H and O–H groups in total. The summed E-state index contributed by atoms with van der Waals surface area (Å²) in [4.78, 5) is 12.6. The second kappa shape index (κ2) is 8.85. The molecule has 0 saturated carbocycles. The molecule has 0 atom stereocenters. The van der Waals surface area contributed by atoms with Crippen LogP contribution < -0.4 is 5.43 Å². The number of nitrogens with zero attached hydrogens (tertiary/aromatic N) is 2. The molecule has 1 amide bonds. The Labute approximate surface area is 196 Å². The smallest absolute Gasteiger partial charge is 0.289 e. The van der Waals surface area contributed by atoms with E-state index in [1.807, 2.05) is 31.2 Å². The van der Waals surface area contributed by atoms with Gasteiger partial charge in [-0.2, -0.15) is 10.2 Å². The predicted octanol–water partition coefficient (Wildman–Crippen LogP) is 5.76. The third-order valence-corrected chi connectivity index (χ3v) is 5.75. The lowest BCUT2D eigenvalue weighted by molar-refractivity contribution is 0.0950. The van der Waals surface area contributed by atoms with Gasteiger partial charge in [0.2, 0.25) is 0 Å². The number of hydrazone groups is 1. The maximum atomic E-state index is 12.6. The molecule has 0 aliphatic rings. The van der Waals surface area contributed by atoms with Crippen LogP contribution in [0.15, 0.2) is 41.5 Å². The van der Waals surface area contributed by atoms with E-state index in [0.29, 0.717) is 17.1 Å². The van der Waals surface area contributed by atoms with Gasteiger partial charge >= 0.3 is 0 Å². The zero-order valence-electron chi connectivity index (χ0n) is 20.8. The van der Waals surface area contributed by atoms with Crippen molar-refractivity contribution in [3.63, 3.8) is 0 Å². The van der Waals surface area contributed by atoms with Gasteiger partial charge in [0.1, 0.15) is 11.4 Å². The SMILES string of the molecule is Cc1ccc(-c2cc(C(=O)NN=Cc3cc(C(C)(C)C)c(O)c(C(C)(C)C)c3)[nH]n2)cc1C. The number of aromatic amines is 1. The van der Waals surface area contributed by atoms with Crippen LogP contribution in [0.2, 0.25) is 0 Å². The molecule has 0 bridgehead atoms. The maximum Gasteiger partial charge on any atom is 0.289 e. The molecule has 3 aromatic rings. The molecular weight excluding hydrogens is 412 g/mol. The molecule has 6 heteroatoms. The van der Waals surface area contributed by atoms with Crippen molar-refractivity contribution >= 4 is 12.1 Å². The largest absolute Gasteiger partial charge is 0.507 e. The van der Waals surface area contributed by atoms with Crippen LogP contribution in [0.1, 0.15) is 79.8 Å². The number of hydrogen-bond acceptors (Lipinski definition) is 4. The number of benzene rings is 2. The van der Waals surface area contributed by atoms with Crippen molar-refractivity contribution in [1.82, 2.24) is 15.6 Å². The lowest BCUT2D eigenvalue weighted by Gasteiger charge is -2.27. The first-order valence-electron chi connectivity index (χ1n) is 11.1. The number of aromatic hydroxyl groups is 1. The third-order valence-electron chi connectivity index (χ3n) is 5.75. The summed E-state index contributed by atoms with van der Waals surface area (Å²) in [5, 5.41) is 22.0. The van der Waals surface area contributed by atoms with Gasteiger partial charge in [-0.05, 0) is 65.6 Å². The van der Waals surface area contributed by atoms with Crippen LogP contribution in [-0.4, -0.2) is 27.4 Å². The molecule has 33 heavy (non-hydrogen) atoms. The number of amides is 1. The Balaban J connectivity index is 1.81. The average molecular weight is 447 g/mol. The molecule has 3 rings (SSSR count). The molecule has 0 aliphatic heterocycles. The summed E-state index contributed by atoms with van der Waals surface area (Å²) < 4.78 is 0. The van der Waals surface area contributed by atoms with Crippen molar-refractivity contribution in [2.75, 3.05) is 0 Å². The number of hydrogen-bond donors (Lipinski definition) is 3. The van der Waals surface area contributed by atoms with Gasteiger partial charge in [0, 0.05) is 16.7 Å². The lowest BCUT2D eigenvalue weighted by atomic mass is 9.78. The Morgan fingerprint density at radius 1 is 0.970 bits per heavy atom. The summed E-state index contributed by atoms with van der Waals surface area (Å²) in [6.45, 7) is 16.5. The van der Waals surface area contributed by atoms with Gasteiger partial charge in [0.05, 0.1) is 11.9 Å². The molecule has 0 fully saturated rings. The second-order valence-corrected chi connectivity index (χ2v) is 10.6. The van der Waals surface area contributed by atoms with Crippen LogP contribution in [0, 0.1) is 13.8 Å². The van der Waals surface area contributed by atoms with Crippen molar-refractivity contribution in [3.8, 4) is 17.0 Å². The standard InChI is InChI=1S/C27H34N4O2/c1-16-9-10-19(11-17(16)2)22-14-23(30-29-22)25(33)31-28-15-18-12-20(26(3,4)5)24(32)21(13-18)27(6,7)8/h9-15,32H,1-8H3,(H,29,30)(H,31,33). The maximum absolute atomic E-state index is 12.6.